The molecule has 0 aliphatic heterocycles. The Bertz CT molecular complexity index is 779. The van der Waals surface area contributed by atoms with Crippen LogP contribution in [-0.2, 0) is 17.9 Å². The molecule has 2 aliphatic rings. The maximum Gasteiger partial charge on any atom is 0.226 e. The lowest BCUT2D eigenvalue weighted by Crippen LogP contribution is -2.39. The van der Waals surface area contributed by atoms with Gasteiger partial charge in [0, 0.05) is 24.1 Å². The zero-order valence-electron chi connectivity index (χ0n) is 15.6. The highest BCUT2D eigenvalue weighted by molar-refractivity contribution is 5.81. The molecule has 0 atom stereocenters. The Labute approximate surface area is 160 Å². The fourth-order valence-corrected chi connectivity index (χ4v) is 3.83. The molecule has 2 fully saturated rings. The average molecular weight is 367 g/mol. The van der Waals surface area contributed by atoms with Crippen LogP contribution in [0.2, 0.25) is 0 Å². The van der Waals surface area contributed by atoms with Crippen LogP contribution in [0.5, 0.6) is 5.75 Å². The zero-order valence-corrected chi connectivity index (χ0v) is 15.6. The van der Waals surface area contributed by atoms with E-state index < -0.39 is 0 Å². The van der Waals surface area contributed by atoms with Gasteiger partial charge in [-0.2, -0.15) is 0 Å². The third kappa shape index (κ3) is 4.49. The summed E-state index contributed by atoms with van der Waals surface area (Å²) < 4.78 is 19.4. The first kappa shape index (κ1) is 18.0. The van der Waals surface area contributed by atoms with Gasteiger partial charge in [-0.05, 0) is 49.4 Å². The van der Waals surface area contributed by atoms with Crippen molar-refractivity contribution in [3.8, 4) is 5.75 Å². The van der Waals surface area contributed by atoms with E-state index >= 15 is 0 Å². The molecule has 0 aromatic heterocycles. The average Bonchev–Trinajstić information content (AvgIpc) is 3.41. The summed E-state index contributed by atoms with van der Waals surface area (Å²) in [4.78, 5) is 14.8. The van der Waals surface area contributed by atoms with Crippen LogP contribution in [0, 0.1) is 11.7 Å². The third-order valence-corrected chi connectivity index (χ3v) is 5.60. The minimum atomic E-state index is -0.250. The van der Waals surface area contributed by atoms with Crippen molar-refractivity contribution in [1.29, 1.82) is 0 Å². The Morgan fingerprint density at radius 3 is 2.37 bits per heavy atom. The highest BCUT2D eigenvalue weighted by Crippen LogP contribution is 2.35. The molecule has 2 aliphatic carbocycles. The predicted octanol–water partition coefficient (Wildman–Crippen LogP) is 5.09. The lowest BCUT2D eigenvalue weighted by molar-refractivity contribution is -0.135. The molecule has 0 saturated heterocycles. The number of hydrogen-bond donors (Lipinski definition) is 0. The number of hydrogen-bond acceptors (Lipinski definition) is 2. The summed E-state index contributed by atoms with van der Waals surface area (Å²) in [7, 11) is 0. The monoisotopic (exact) mass is 367 g/mol. The maximum absolute atomic E-state index is 13.7. The van der Waals surface area contributed by atoms with E-state index in [2.05, 4.69) is 4.90 Å². The molecule has 0 radical (unpaired) electrons. The van der Waals surface area contributed by atoms with Crippen LogP contribution in [0.1, 0.15) is 49.7 Å². The molecule has 4 heteroatoms. The molecule has 3 nitrogen and oxygen atoms in total. The number of carbonyl (C=O) groups excluding carboxylic acids is 1. The van der Waals surface area contributed by atoms with Crippen molar-refractivity contribution in [1.82, 2.24) is 4.90 Å². The molecule has 2 saturated carbocycles. The van der Waals surface area contributed by atoms with Gasteiger partial charge in [-0.25, -0.2) is 4.39 Å². The van der Waals surface area contributed by atoms with Gasteiger partial charge in [0.2, 0.25) is 5.91 Å². The summed E-state index contributed by atoms with van der Waals surface area (Å²) in [6.07, 6.45) is 6.80. The number of ether oxygens (including phenoxy) is 1. The SMILES string of the molecule is O=C(C1CC1)N(Cc1ccc(OCc2ccccc2F)cc1)C1CCCC1. The van der Waals surface area contributed by atoms with Crippen molar-refractivity contribution in [3.63, 3.8) is 0 Å². The van der Waals surface area contributed by atoms with Gasteiger partial charge in [0.25, 0.3) is 0 Å². The first-order valence-electron chi connectivity index (χ1n) is 9.96. The lowest BCUT2D eigenvalue weighted by Gasteiger charge is -2.29. The van der Waals surface area contributed by atoms with Crippen LogP contribution < -0.4 is 4.74 Å². The fourth-order valence-electron chi connectivity index (χ4n) is 3.83. The van der Waals surface area contributed by atoms with Crippen molar-refractivity contribution >= 4 is 5.91 Å². The number of benzene rings is 2. The van der Waals surface area contributed by atoms with Gasteiger partial charge in [-0.15, -0.1) is 0 Å². The molecule has 2 aromatic carbocycles. The highest BCUT2D eigenvalue weighted by atomic mass is 19.1. The highest BCUT2D eigenvalue weighted by Gasteiger charge is 2.37. The summed E-state index contributed by atoms with van der Waals surface area (Å²) in [5.74, 6) is 1.05. The molecule has 27 heavy (non-hydrogen) atoms. The Morgan fingerprint density at radius 2 is 1.70 bits per heavy atom. The van der Waals surface area contributed by atoms with E-state index in [0.29, 0.717) is 29.8 Å². The van der Waals surface area contributed by atoms with Gasteiger partial charge >= 0.3 is 0 Å². The Kier molecular flexibility index (Phi) is 5.42. The smallest absolute Gasteiger partial charge is 0.226 e. The Morgan fingerprint density at radius 1 is 1.00 bits per heavy atom. The number of halogens is 1. The lowest BCUT2D eigenvalue weighted by atomic mass is 10.1. The minimum absolute atomic E-state index is 0.209. The predicted molar refractivity (Wildman–Crippen MR) is 103 cm³/mol. The molecule has 2 aromatic rings. The van der Waals surface area contributed by atoms with E-state index in [4.69, 9.17) is 4.74 Å². The van der Waals surface area contributed by atoms with E-state index in [9.17, 15) is 9.18 Å². The van der Waals surface area contributed by atoms with Crippen LogP contribution in [0.3, 0.4) is 0 Å². The third-order valence-electron chi connectivity index (χ3n) is 5.60. The summed E-state index contributed by atoms with van der Waals surface area (Å²) in [6, 6.07) is 14.9. The summed E-state index contributed by atoms with van der Waals surface area (Å²) >= 11 is 0. The largest absolute Gasteiger partial charge is 0.489 e. The second-order valence-corrected chi connectivity index (χ2v) is 7.70. The second kappa shape index (κ2) is 8.12. The van der Waals surface area contributed by atoms with Crippen molar-refractivity contribution < 1.29 is 13.9 Å². The van der Waals surface area contributed by atoms with E-state index in [1.165, 1.54) is 18.9 Å². The second-order valence-electron chi connectivity index (χ2n) is 7.70. The van der Waals surface area contributed by atoms with Crippen LogP contribution in [0.4, 0.5) is 4.39 Å². The van der Waals surface area contributed by atoms with E-state index in [1.807, 2.05) is 24.3 Å². The molecule has 1 amide bonds. The van der Waals surface area contributed by atoms with E-state index in [0.717, 1.165) is 31.2 Å². The molecule has 4 rings (SSSR count). The molecule has 142 valence electrons. The number of carbonyl (C=O) groups is 1. The molecular weight excluding hydrogens is 341 g/mol. The maximum atomic E-state index is 13.7. The first-order chi connectivity index (χ1) is 13.2. The molecule has 0 spiro atoms. The standard InChI is InChI=1S/C23H26FNO2/c24-22-8-4-1-5-19(22)16-27-21-13-9-17(10-14-21)15-25(20-6-2-3-7-20)23(26)18-11-12-18/h1,4-5,8-10,13-14,18,20H,2-3,6-7,11-12,15-16H2. The quantitative estimate of drug-likeness (QED) is 0.682. The summed E-state index contributed by atoms with van der Waals surface area (Å²) in [6.45, 7) is 0.883. The number of nitrogens with zero attached hydrogens (tertiary/aromatic N) is 1. The zero-order chi connectivity index (χ0) is 18.6. The summed E-state index contributed by atoms with van der Waals surface area (Å²) in [5.41, 5.74) is 1.66. The van der Waals surface area contributed by atoms with Crippen LogP contribution in [-0.4, -0.2) is 16.8 Å². The van der Waals surface area contributed by atoms with E-state index in [-0.39, 0.29) is 18.3 Å². The van der Waals surface area contributed by atoms with Gasteiger partial charge in [0.05, 0.1) is 0 Å². The van der Waals surface area contributed by atoms with Crippen LogP contribution >= 0.6 is 0 Å². The van der Waals surface area contributed by atoms with Gasteiger partial charge in [-0.1, -0.05) is 43.2 Å². The van der Waals surface area contributed by atoms with Crippen molar-refractivity contribution in [2.45, 2.75) is 57.7 Å². The van der Waals surface area contributed by atoms with Crippen LogP contribution in [0.25, 0.3) is 0 Å². The Hall–Kier alpha value is -2.36. The van der Waals surface area contributed by atoms with Gasteiger partial charge in [-0.3, -0.25) is 4.79 Å². The van der Waals surface area contributed by atoms with Crippen molar-refractivity contribution in [2.24, 2.45) is 5.92 Å². The molecule has 0 bridgehead atoms. The topological polar surface area (TPSA) is 29.5 Å². The number of rotatable bonds is 7. The van der Waals surface area contributed by atoms with Gasteiger partial charge < -0.3 is 9.64 Å². The molecule has 0 N–H and O–H groups in total. The van der Waals surface area contributed by atoms with Crippen molar-refractivity contribution in [2.75, 3.05) is 0 Å². The first-order valence-corrected chi connectivity index (χ1v) is 9.96. The Balaban J connectivity index is 1.38. The molecular formula is C23H26FNO2. The molecule has 0 heterocycles. The fraction of sp³-hybridized carbons (Fsp3) is 0.435. The number of amides is 1. The minimum Gasteiger partial charge on any atom is -0.489 e. The normalized spacial score (nSPS) is 17.1. The van der Waals surface area contributed by atoms with Gasteiger partial charge in [0.15, 0.2) is 0 Å². The van der Waals surface area contributed by atoms with Crippen LogP contribution in [0.15, 0.2) is 48.5 Å². The molecule has 0 unspecified atom stereocenters. The van der Waals surface area contributed by atoms with E-state index in [1.54, 1.807) is 18.2 Å². The van der Waals surface area contributed by atoms with Gasteiger partial charge in [0.1, 0.15) is 18.2 Å². The summed E-state index contributed by atoms with van der Waals surface area (Å²) in [5, 5.41) is 0. The van der Waals surface area contributed by atoms with Crippen molar-refractivity contribution in [3.05, 3.63) is 65.5 Å².